The number of nitrogens with one attached hydrogen (secondary N) is 1. The van der Waals surface area contributed by atoms with E-state index in [2.05, 4.69) is 17.2 Å². The Balaban J connectivity index is 2.07. The van der Waals surface area contributed by atoms with Gasteiger partial charge in [-0.3, -0.25) is 4.79 Å². The maximum atomic E-state index is 10.8. The summed E-state index contributed by atoms with van der Waals surface area (Å²) in [4.78, 5) is 10.8. The number of rotatable bonds is 5. The lowest BCUT2D eigenvalue weighted by Gasteiger charge is -2.26. The number of aliphatic carboxylic acids is 1. The first-order chi connectivity index (χ1) is 7.74. The van der Waals surface area contributed by atoms with Crippen LogP contribution in [-0.4, -0.2) is 24.2 Å². The molecule has 0 bridgehead atoms. The first-order valence-electron chi connectivity index (χ1n) is 6.07. The van der Waals surface area contributed by atoms with Crippen molar-refractivity contribution in [3.8, 4) is 11.8 Å². The van der Waals surface area contributed by atoms with Gasteiger partial charge in [-0.1, -0.05) is 0 Å². The van der Waals surface area contributed by atoms with E-state index in [1.54, 1.807) is 0 Å². The van der Waals surface area contributed by atoms with Gasteiger partial charge in [0.2, 0.25) is 0 Å². The minimum Gasteiger partial charge on any atom is -0.481 e. The van der Waals surface area contributed by atoms with E-state index in [-0.39, 0.29) is 5.92 Å². The van der Waals surface area contributed by atoms with Crippen LogP contribution in [0, 0.1) is 23.7 Å². The summed E-state index contributed by atoms with van der Waals surface area (Å²) in [6, 6.07) is 0. The van der Waals surface area contributed by atoms with Gasteiger partial charge >= 0.3 is 5.97 Å². The predicted molar refractivity (Wildman–Crippen MR) is 64.0 cm³/mol. The molecule has 0 aromatic rings. The lowest BCUT2D eigenvalue weighted by molar-refractivity contribution is -0.143. The molecule has 0 spiro atoms. The molecule has 0 aromatic heterocycles. The van der Waals surface area contributed by atoms with Crippen LogP contribution in [0.25, 0.3) is 0 Å². The van der Waals surface area contributed by atoms with Crippen LogP contribution in [0.2, 0.25) is 0 Å². The minimum absolute atomic E-state index is 0.0952. The van der Waals surface area contributed by atoms with Crippen molar-refractivity contribution in [2.45, 2.75) is 39.0 Å². The van der Waals surface area contributed by atoms with Gasteiger partial charge in [-0.2, -0.15) is 0 Å². The topological polar surface area (TPSA) is 49.3 Å². The van der Waals surface area contributed by atoms with E-state index in [1.165, 1.54) is 0 Å². The summed E-state index contributed by atoms with van der Waals surface area (Å²) in [5.74, 6) is 5.83. The van der Waals surface area contributed by atoms with E-state index in [4.69, 9.17) is 5.11 Å². The summed E-state index contributed by atoms with van der Waals surface area (Å²) < 4.78 is 0. The lowest BCUT2D eigenvalue weighted by Crippen LogP contribution is -2.29. The average molecular weight is 223 g/mol. The third-order valence-corrected chi connectivity index (χ3v) is 3.23. The molecule has 2 N–H and O–H groups in total. The Bertz CT molecular complexity index is 269. The van der Waals surface area contributed by atoms with Gasteiger partial charge in [0, 0.05) is 13.0 Å². The smallest absolute Gasteiger partial charge is 0.306 e. The number of carboxylic acids is 1. The van der Waals surface area contributed by atoms with Crippen molar-refractivity contribution in [3.05, 3.63) is 0 Å². The van der Waals surface area contributed by atoms with Crippen molar-refractivity contribution in [1.29, 1.82) is 0 Å². The lowest BCUT2D eigenvalue weighted by atomic mass is 9.82. The second-order valence-electron chi connectivity index (χ2n) is 4.44. The van der Waals surface area contributed by atoms with Crippen molar-refractivity contribution in [3.63, 3.8) is 0 Å². The van der Waals surface area contributed by atoms with Crippen molar-refractivity contribution >= 4 is 5.97 Å². The molecule has 90 valence electrons. The predicted octanol–water partition coefficient (Wildman–Crippen LogP) is 1.88. The summed E-state index contributed by atoms with van der Waals surface area (Å²) in [6.45, 7) is 3.81. The van der Waals surface area contributed by atoms with Gasteiger partial charge in [-0.05, 0) is 45.1 Å². The molecule has 1 rings (SSSR count). The van der Waals surface area contributed by atoms with Crippen molar-refractivity contribution < 1.29 is 9.90 Å². The van der Waals surface area contributed by atoms with Gasteiger partial charge in [0.15, 0.2) is 0 Å². The highest BCUT2D eigenvalue weighted by Gasteiger charge is 2.25. The molecule has 0 aromatic carbocycles. The number of hydrogen-bond acceptors (Lipinski definition) is 2. The standard InChI is InChI=1S/C13H21NO2/c1-2-3-4-9-14-10-11-5-7-12(8-6-11)13(15)16/h11-12,14H,4-10H2,1H3,(H,15,16). The van der Waals surface area contributed by atoms with Crippen LogP contribution in [0.15, 0.2) is 0 Å². The third kappa shape index (κ3) is 4.67. The number of hydrogen-bond donors (Lipinski definition) is 2. The van der Waals surface area contributed by atoms with E-state index in [0.717, 1.165) is 45.2 Å². The zero-order valence-electron chi connectivity index (χ0n) is 9.96. The molecular weight excluding hydrogens is 202 g/mol. The largest absolute Gasteiger partial charge is 0.481 e. The molecule has 16 heavy (non-hydrogen) atoms. The first-order valence-corrected chi connectivity index (χ1v) is 6.07. The Kier molecular flexibility index (Phi) is 5.95. The Morgan fingerprint density at radius 1 is 1.38 bits per heavy atom. The normalized spacial score (nSPS) is 24.6. The Morgan fingerprint density at radius 3 is 2.62 bits per heavy atom. The molecular formula is C13H21NO2. The molecule has 1 fully saturated rings. The maximum absolute atomic E-state index is 10.8. The van der Waals surface area contributed by atoms with Crippen LogP contribution >= 0.6 is 0 Å². The van der Waals surface area contributed by atoms with E-state index in [1.807, 2.05) is 6.92 Å². The molecule has 1 aliphatic rings. The second-order valence-corrected chi connectivity index (χ2v) is 4.44. The monoisotopic (exact) mass is 223 g/mol. The summed E-state index contributed by atoms with van der Waals surface area (Å²) in [7, 11) is 0. The summed E-state index contributed by atoms with van der Waals surface area (Å²) >= 11 is 0. The Morgan fingerprint density at radius 2 is 2.06 bits per heavy atom. The van der Waals surface area contributed by atoms with E-state index in [9.17, 15) is 4.79 Å². The highest BCUT2D eigenvalue weighted by atomic mass is 16.4. The van der Waals surface area contributed by atoms with Crippen molar-refractivity contribution in [1.82, 2.24) is 5.32 Å². The van der Waals surface area contributed by atoms with Gasteiger partial charge in [0.05, 0.1) is 5.92 Å². The Hall–Kier alpha value is -1.01. The van der Waals surface area contributed by atoms with Crippen molar-refractivity contribution in [2.24, 2.45) is 11.8 Å². The molecule has 3 nitrogen and oxygen atoms in total. The highest BCUT2D eigenvalue weighted by Crippen LogP contribution is 2.28. The number of carbonyl (C=O) groups is 1. The third-order valence-electron chi connectivity index (χ3n) is 3.23. The molecule has 0 radical (unpaired) electrons. The van der Waals surface area contributed by atoms with Crippen LogP contribution < -0.4 is 5.32 Å². The maximum Gasteiger partial charge on any atom is 0.306 e. The fraction of sp³-hybridized carbons (Fsp3) is 0.769. The fourth-order valence-corrected chi connectivity index (χ4v) is 2.20. The van der Waals surface area contributed by atoms with Crippen LogP contribution in [0.3, 0.4) is 0 Å². The SMILES string of the molecule is CC#CCCNCC1CCC(C(=O)O)CC1. The van der Waals surface area contributed by atoms with E-state index in [0.29, 0.717) is 5.92 Å². The van der Waals surface area contributed by atoms with Gasteiger partial charge < -0.3 is 10.4 Å². The average Bonchev–Trinajstić information content (AvgIpc) is 2.29. The molecule has 0 aliphatic heterocycles. The van der Waals surface area contributed by atoms with E-state index >= 15 is 0 Å². The van der Waals surface area contributed by atoms with Crippen LogP contribution in [-0.2, 0) is 4.79 Å². The van der Waals surface area contributed by atoms with Crippen molar-refractivity contribution in [2.75, 3.05) is 13.1 Å². The van der Waals surface area contributed by atoms with Gasteiger partial charge in [-0.25, -0.2) is 0 Å². The molecule has 0 saturated heterocycles. The summed E-state index contributed by atoms with van der Waals surface area (Å²) in [5, 5.41) is 12.3. The molecule has 0 amide bonds. The molecule has 1 saturated carbocycles. The van der Waals surface area contributed by atoms with Crippen LogP contribution in [0.5, 0.6) is 0 Å². The molecule has 3 heteroatoms. The van der Waals surface area contributed by atoms with E-state index < -0.39 is 5.97 Å². The molecule has 0 heterocycles. The van der Waals surface area contributed by atoms with Gasteiger partial charge in [0.1, 0.15) is 0 Å². The van der Waals surface area contributed by atoms with Gasteiger partial charge in [0.25, 0.3) is 0 Å². The minimum atomic E-state index is -0.621. The zero-order valence-corrected chi connectivity index (χ0v) is 9.96. The van der Waals surface area contributed by atoms with Crippen LogP contribution in [0.1, 0.15) is 39.0 Å². The second kappa shape index (κ2) is 7.29. The quantitative estimate of drug-likeness (QED) is 0.552. The number of carboxylic acid groups (broad SMARTS) is 1. The highest BCUT2D eigenvalue weighted by molar-refractivity contribution is 5.69. The Labute approximate surface area is 97.6 Å². The van der Waals surface area contributed by atoms with Crippen LogP contribution in [0.4, 0.5) is 0 Å². The first kappa shape index (κ1) is 13.1. The summed E-state index contributed by atoms with van der Waals surface area (Å²) in [5.41, 5.74) is 0. The fourth-order valence-electron chi connectivity index (χ4n) is 2.20. The zero-order chi connectivity index (χ0) is 11.8. The van der Waals surface area contributed by atoms with Gasteiger partial charge in [-0.15, -0.1) is 11.8 Å². The summed E-state index contributed by atoms with van der Waals surface area (Å²) in [6.07, 6.45) is 4.68. The molecule has 1 aliphatic carbocycles. The molecule has 0 unspecified atom stereocenters. The molecule has 0 atom stereocenters.